The number of rotatable bonds is 6. The Morgan fingerprint density at radius 3 is 2.54 bits per heavy atom. The second-order valence-corrected chi connectivity index (χ2v) is 7.08. The van der Waals surface area contributed by atoms with Gasteiger partial charge < -0.3 is 19.3 Å². The summed E-state index contributed by atoms with van der Waals surface area (Å²) in [6, 6.07) is 13.9. The Morgan fingerprint density at radius 1 is 1.19 bits per heavy atom. The highest BCUT2D eigenvalue weighted by atomic mass is 16.5. The number of carboxylic acid groups (broad SMARTS) is 1. The maximum atomic E-state index is 11.2. The molecule has 0 bridgehead atoms. The van der Waals surface area contributed by atoms with Crippen molar-refractivity contribution in [1.82, 2.24) is 0 Å². The Labute approximate surface area is 152 Å². The van der Waals surface area contributed by atoms with Crippen molar-refractivity contribution in [3.63, 3.8) is 0 Å². The number of aliphatic carboxylic acids is 1. The van der Waals surface area contributed by atoms with Crippen molar-refractivity contribution in [3.05, 3.63) is 59.2 Å². The normalized spacial score (nSPS) is 20.1. The van der Waals surface area contributed by atoms with Gasteiger partial charge in [0.25, 0.3) is 0 Å². The molecule has 0 amide bonds. The summed E-state index contributed by atoms with van der Waals surface area (Å²) < 4.78 is 16.8. The van der Waals surface area contributed by atoms with Crippen molar-refractivity contribution < 1.29 is 24.1 Å². The number of carboxylic acids is 1. The lowest BCUT2D eigenvalue weighted by atomic mass is 9.76. The average molecular weight is 354 g/mol. The Kier molecular flexibility index (Phi) is 4.32. The van der Waals surface area contributed by atoms with Crippen LogP contribution in [-0.2, 0) is 21.4 Å². The molecule has 2 aromatic rings. The Morgan fingerprint density at radius 2 is 1.92 bits per heavy atom. The summed E-state index contributed by atoms with van der Waals surface area (Å²) in [7, 11) is 1.68. The summed E-state index contributed by atoms with van der Waals surface area (Å²) in [5.41, 5.74) is 3.08. The van der Waals surface area contributed by atoms with Crippen LogP contribution in [-0.4, -0.2) is 31.4 Å². The molecule has 2 aromatic carbocycles. The second-order valence-electron chi connectivity index (χ2n) is 7.08. The van der Waals surface area contributed by atoms with Crippen molar-refractivity contribution >= 4 is 5.97 Å². The highest BCUT2D eigenvalue weighted by Gasteiger charge is 2.42. The van der Waals surface area contributed by atoms with Crippen LogP contribution in [0.25, 0.3) is 0 Å². The minimum absolute atomic E-state index is 0.0433. The van der Waals surface area contributed by atoms with E-state index in [0.29, 0.717) is 13.2 Å². The van der Waals surface area contributed by atoms with E-state index in [0.717, 1.165) is 29.9 Å². The van der Waals surface area contributed by atoms with Crippen LogP contribution < -0.4 is 9.47 Å². The van der Waals surface area contributed by atoms with Crippen molar-refractivity contribution in [2.45, 2.75) is 30.8 Å². The third-order valence-corrected chi connectivity index (χ3v) is 5.36. The molecule has 1 aliphatic carbocycles. The smallest absolute Gasteiger partial charge is 0.304 e. The molecule has 5 heteroatoms. The van der Waals surface area contributed by atoms with Gasteiger partial charge in [0, 0.05) is 0 Å². The molecule has 0 saturated carbocycles. The minimum atomic E-state index is -0.799. The second kappa shape index (κ2) is 6.65. The van der Waals surface area contributed by atoms with E-state index in [2.05, 4.69) is 12.1 Å². The van der Waals surface area contributed by atoms with Crippen molar-refractivity contribution in [3.8, 4) is 11.5 Å². The zero-order valence-electron chi connectivity index (χ0n) is 14.7. The first kappa shape index (κ1) is 16.9. The number of aryl methyl sites for hydroxylation is 1. The first-order valence-corrected chi connectivity index (χ1v) is 8.83. The SMILES string of the molecule is COc1ccc2c(c1)CCC2Oc1ccc(C2(CC(=O)O)COC2)cc1. The summed E-state index contributed by atoms with van der Waals surface area (Å²) in [6.07, 6.45) is 2.06. The van der Waals surface area contributed by atoms with Crippen molar-refractivity contribution in [1.29, 1.82) is 0 Å². The number of fused-ring (bicyclic) bond motifs is 1. The van der Waals surface area contributed by atoms with Gasteiger partial charge in [0.15, 0.2) is 0 Å². The predicted octanol–water partition coefficient (Wildman–Crippen LogP) is 3.50. The van der Waals surface area contributed by atoms with E-state index in [1.165, 1.54) is 11.1 Å². The van der Waals surface area contributed by atoms with Gasteiger partial charge in [0.1, 0.15) is 17.6 Å². The molecule has 0 aromatic heterocycles. The van der Waals surface area contributed by atoms with Crippen LogP contribution in [0.5, 0.6) is 11.5 Å². The summed E-state index contributed by atoms with van der Waals surface area (Å²) in [4.78, 5) is 11.2. The summed E-state index contributed by atoms with van der Waals surface area (Å²) in [6.45, 7) is 0.911. The first-order valence-electron chi connectivity index (χ1n) is 8.83. The van der Waals surface area contributed by atoms with Crippen LogP contribution in [0.15, 0.2) is 42.5 Å². The fourth-order valence-electron chi connectivity index (χ4n) is 3.86. The lowest BCUT2D eigenvalue weighted by Crippen LogP contribution is -2.48. The molecule has 1 saturated heterocycles. The molecule has 26 heavy (non-hydrogen) atoms. The first-order chi connectivity index (χ1) is 12.6. The molecular weight excluding hydrogens is 332 g/mol. The van der Waals surface area contributed by atoms with Gasteiger partial charge in [-0.05, 0) is 53.8 Å². The zero-order valence-corrected chi connectivity index (χ0v) is 14.7. The molecule has 1 N–H and O–H groups in total. The summed E-state index contributed by atoms with van der Waals surface area (Å²) in [5.74, 6) is 0.875. The monoisotopic (exact) mass is 354 g/mol. The molecule has 1 aliphatic heterocycles. The van der Waals surface area contributed by atoms with Gasteiger partial charge in [-0.3, -0.25) is 4.79 Å². The molecular formula is C21H22O5. The number of ether oxygens (including phenoxy) is 3. The molecule has 2 aliphatic rings. The predicted molar refractivity (Wildman–Crippen MR) is 95.9 cm³/mol. The van der Waals surface area contributed by atoms with Gasteiger partial charge >= 0.3 is 5.97 Å². The van der Waals surface area contributed by atoms with E-state index >= 15 is 0 Å². The lowest BCUT2D eigenvalue weighted by molar-refractivity contribution is -0.145. The highest BCUT2D eigenvalue weighted by molar-refractivity contribution is 5.69. The topological polar surface area (TPSA) is 65.0 Å². The molecule has 1 unspecified atom stereocenters. The van der Waals surface area contributed by atoms with Crippen LogP contribution in [0.4, 0.5) is 0 Å². The van der Waals surface area contributed by atoms with Gasteiger partial charge in [-0.15, -0.1) is 0 Å². The molecule has 5 nitrogen and oxygen atoms in total. The van der Waals surface area contributed by atoms with Gasteiger partial charge in [-0.25, -0.2) is 0 Å². The quantitative estimate of drug-likeness (QED) is 0.860. The number of hydrogen-bond acceptors (Lipinski definition) is 4. The van der Waals surface area contributed by atoms with E-state index in [4.69, 9.17) is 19.3 Å². The molecule has 136 valence electrons. The van der Waals surface area contributed by atoms with Gasteiger partial charge in [-0.1, -0.05) is 18.2 Å². The standard InChI is InChI=1S/C21H22O5/c1-24-17-7-8-18-14(10-17)2-9-19(18)26-16-5-3-15(4-6-16)21(11-20(22)23)12-25-13-21/h3-8,10,19H,2,9,11-13H2,1H3,(H,22,23). The third-order valence-electron chi connectivity index (χ3n) is 5.36. The molecule has 1 atom stereocenters. The fourth-order valence-corrected chi connectivity index (χ4v) is 3.86. The van der Waals surface area contributed by atoms with Crippen LogP contribution >= 0.6 is 0 Å². The largest absolute Gasteiger partial charge is 0.497 e. The number of benzene rings is 2. The Hall–Kier alpha value is -2.53. The average Bonchev–Trinajstić information content (AvgIpc) is 3.01. The van der Waals surface area contributed by atoms with Crippen molar-refractivity contribution in [2.24, 2.45) is 0 Å². The molecule has 0 spiro atoms. The van der Waals surface area contributed by atoms with E-state index in [9.17, 15) is 4.79 Å². The van der Waals surface area contributed by atoms with Crippen LogP contribution in [0.3, 0.4) is 0 Å². The van der Waals surface area contributed by atoms with Crippen LogP contribution in [0.1, 0.15) is 35.6 Å². The number of methoxy groups -OCH3 is 1. The lowest BCUT2D eigenvalue weighted by Gasteiger charge is -2.40. The molecule has 4 rings (SSSR count). The maximum Gasteiger partial charge on any atom is 0.304 e. The van der Waals surface area contributed by atoms with E-state index in [1.54, 1.807) is 7.11 Å². The van der Waals surface area contributed by atoms with Crippen LogP contribution in [0, 0.1) is 0 Å². The fraction of sp³-hybridized carbons (Fsp3) is 0.381. The minimum Gasteiger partial charge on any atom is -0.497 e. The number of hydrogen-bond donors (Lipinski definition) is 1. The Bertz CT molecular complexity index is 808. The zero-order chi connectivity index (χ0) is 18.1. The summed E-state index contributed by atoms with van der Waals surface area (Å²) in [5, 5.41) is 9.16. The van der Waals surface area contributed by atoms with Gasteiger partial charge in [-0.2, -0.15) is 0 Å². The molecule has 1 heterocycles. The van der Waals surface area contributed by atoms with E-state index in [1.807, 2.05) is 30.3 Å². The van der Waals surface area contributed by atoms with Crippen LogP contribution in [0.2, 0.25) is 0 Å². The maximum absolute atomic E-state index is 11.2. The molecule has 1 fully saturated rings. The molecule has 0 radical (unpaired) electrons. The third kappa shape index (κ3) is 3.03. The van der Waals surface area contributed by atoms with Gasteiger partial charge in [0.2, 0.25) is 0 Å². The highest BCUT2D eigenvalue weighted by Crippen LogP contribution is 2.39. The van der Waals surface area contributed by atoms with E-state index in [-0.39, 0.29) is 12.5 Å². The van der Waals surface area contributed by atoms with E-state index < -0.39 is 11.4 Å². The number of carbonyl (C=O) groups is 1. The summed E-state index contributed by atoms with van der Waals surface area (Å²) >= 11 is 0. The Balaban J connectivity index is 1.48. The van der Waals surface area contributed by atoms with Crippen molar-refractivity contribution in [2.75, 3.05) is 20.3 Å². The van der Waals surface area contributed by atoms with Gasteiger partial charge in [0.05, 0.1) is 32.2 Å².